The highest BCUT2D eigenvalue weighted by Crippen LogP contribution is 2.20. The molecular formula is C12H10N8. The molecule has 3 rings (SSSR count). The lowest BCUT2D eigenvalue weighted by atomic mass is 10.1. The molecule has 0 saturated heterocycles. The molecule has 0 N–H and O–H groups in total. The van der Waals surface area contributed by atoms with Gasteiger partial charge in [0.1, 0.15) is 0 Å². The molecule has 8 nitrogen and oxygen atoms in total. The molecule has 3 aromatic rings. The van der Waals surface area contributed by atoms with Gasteiger partial charge in [-0.2, -0.15) is 0 Å². The van der Waals surface area contributed by atoms with Crippen molar-refractivity contribution in [3.05, 3.63) is 37.4 Å². The van der Waals surface area contributed by atoms with Gasteiger partial charge in [0.05, 0.1) is 0 Å². The Morgan fingerprint density at radius 2 is 1.65 bits per heavy atom. The predicted molar refractivity (Wildman–Crippen MR) is 72.8 cm³/mol. The Bertz CT molecular complexity index is 752. The Hall–Kier alpha value is -3.16. The third-order valence-electron chi connectivity index (χ3n) is 2.66. The van der Waals surface area contributed by atoms with Gasteiger partial charge in [-0.15, -0.1) is 20.1 Å². The third-order valence-corrected chi connectivity index (χ3v) is 2.66. The summed E-state index contributed by atoms with van der Waals surface area (Å²) in [5, 5.41) is 23.2. The highest BCUT2D eigenvalue weighted by Gasteiger charge is 2.09. The minimum Gasteiger partial charge on any atom is -0.201 e. The van der Waals surface area contributed by atoms with Crippen molar-refractivity contribution in [1.29, 1.82) is 0 Å². The average molecular weight is 266 g/mol. The van der Waals surface area contributed by atoms with Crippen LogP contribution >= 0.6 is 0 Å². The topological polar surface area (TPSA) is 87.2 Å². The first-order valence-electron chi connectivity index (χ1n) is 5.75. The van der Waals surface area contributed by atoms with Crippen LogP contribution in [-0.2, 0) is 0 Å². The fraction of sp³-hybridized carbons (Fsp3) is 0. The molecule has 1 aromatic carbocycles. The molecule has 2 heterocycles. The van der Waals surface area contributed by atoms with E-state index in [9.17, 15) is 0 Å². The van der Waals surface area contributed by atoms with Gasteiger partial charge in [-0.05, 0) is 15.6 Å². The summed E-state index contributed by atoms with van der Waals surface area (Å²) in [5.74, 6) is 1.15. The van der Waals surface area contributed by atoms with E-state index < -0.39 is 0 Å². The van der Waals surface area contributed by atoms with Crippen molar-refractivity contribution in [3.8, 4) is 22.8 Å². The van der Waals surface area contributed by atoms with Gasteiger partial charge in [-0.25, -0.2) is 4.68 Å². The van der Waals surface area contributed by atoms with Gasteiger partial charge in [-0.3, -0.25) is 0 Å². The second kappa shape index (κ2) is 4.84. The van der Waals surface area contributed by atoms with Crippen LogP contribution in [0.4, 0.5) is 0 Å². The normalized spacial score (nSPS) is 10.4. The zero-order valence-corrected chi connectivity index (χ0v) is 10.5. The lowest BCUT2D eigenvalue weighted by molar-refractivity contribution is 0.760. The number of tetrazole rings is 2. The summed E-state index contributed by atoms with van der Waals surface area (Å²) in [7, 11) is 0. The van der Waals surface area contributed by atoms with Crippen LogP contribution in [-0.4, -0.2) is 40.4 Å². The van der Waals surface area contributed by atoms with Crippen LogP contribution in [0, 0.1) is 0 Å². The number of hydrogen-bond donors (Lipinski definition) is 0. The Kier molecular flexibility index (Phi) is 2.88. The van der Waals surface area contributed by atoms with Crippen LogP contribution in [0.15, 0.2) is 37.4 Å². The first kappa shape index (κ1) is 11.9. The summed E-state index contributed by atoms with van der Waals surface area (Å²) in [6.45, 7) is 7.22. The second-order valence-electron chi connectivity index (χ2n) is 3.82. The van der Waals surface area contributed by atoms with E-state index in [1.165, 1.54) is 15.7 Å². The van der Waals surface area contributed by atoms with Crippen LogP contribution in [0.2, 0.25) is 0 Å². The van der Waals surface area contributed by atoms with Gasteiger partial charge in [0.25, 0.3) is 0 Å². The van der Waals surface area contributed by atoms with Crippen molar-refractivity contribution >= 4 is 12.4 Å². The van der Waals surface area contributed by atoms with Crippen molar-refractivity contribution in [1.82, 2.24) is 40.4 Å². The molecule has 20 heavy (non-hydrogen) atoms. The molecule has 0 aliphatic heterocycles. The van der Waals surface area contributed by atoms with Gasteiger partial charge >= 0.3 is 0 Å². The van der Waals surface area contributed by atoms with Crippen molar-refractivity contribution in [3.63, 3.8) is 0 Å². The molecule has 0 saturated carbocycles. The van der Waals surface area contributed by atoms with Crippen LogP contribution in [0.1, 0.15) is 0 Å². The minimum absolute atomic E-state index is 0.528. The first-order valence-corrected chi connectivity index (χ1v) is 5.75. The highest BCUT2D eigenvalue weighted by molar-refractivity contribution is 5.63. The zero-order valence-electron chi connectivity index (χ0n) is 10.5. The molecular weight excluding hydrogens is 256 g/mol. The van der Waals surface area contributed by atoms with E-state index in [1.54, 1.807) is 6.20 Å². The summed E-state index contributed by atoms with van der Waals surface area (Å²) in [6, 6.07) is 7.52. The van der Waals surface area contributed by atoms with Crippen molar-refractivity contribution in [2.45, 2.75) is 0 Å². The van der Waals surface area contributed by atoms with E-state index in [0.717, 1.165) is 11.1 Å². The van der Waals surface area contributed by atoms with E-state index in [1.807, 2.05) is 24.3 Å². The summed E-state index contributed by atoms with van der Waals surface area (Å²) in [4.78, 5) is 1.31. The smallest absolute Gasteiger partial charge is 0.201 e. The fourth-order valence-electron chi connectivity index (χ4n) is 1.69. The Labute approximate surface area is 114 Å². The van der Waals surface area contributed by atoms with Crippen molar-refractivity contribution < 1.29 is 0 Å². The number of benzene rings is 1. The molecule has 2 aromatic heterocycles. The van der Waals surface area contributed by atoms with E-state index in [0.29, 0.717) is 11.6 Å². The molecule has 0 fully saturated rings. The molecule has 0 unspecified atom stereocenters. The molecule has 0 amide bonds. The fourth-order valence-corrected chi connectivity index (χ4v) is 1.69. The number of rotatable bonds is 4. The van der Waals surface area contributed by atoms with E-state index in [-0.39, 0.29) is 0 Å². The van der Waals surface area contributed by atoms with Crippen LogP contribution in [0.5, 0.6) is 0 Å². The molecule has 0 atom stereocenters. The lowest BCUT2D eigenvalue weighted by Gasteiger charge is -2.00. The van der Waals surface area contributed by atoms with Crippen LogP contribution < -0.4 is 0 Å². The Morgan fingerprint density at radius 1 is 0.900 bits per heavy atom. The number of nitrogens with zero attached hydrogens (tertiary/aromatic N) is 8. The van der Waals surface area contributed by atoms with E-state index in [4.69, 9.17) is 0 Å². The number of aromatic nitrogens is 8. The SMILES string of the molecule is C=Cn1nnc(-c2ccc(-c3nnnn3C=C)cc2)n1. The highest BCUT2D eigenvalue weighted by atomic mass is 15.6. The van der Waals surface area contributed by atoms with Crippen LogP contribution in [0.25, 0.3) is 35.2 Å². The minimum atomic E-state index is 0.528. The summed E-state index contributed by atoms with van der Waals surface area (Å²) in [5.41, 5.74) is 1.72. The summed E-state index contributed by atoms with van der Waals surface area (Å²) >= 11 is 0. The molecule has 0 aliphatic rings. The average Bonchev–Trinajstić information content (AvgIpc) is 3.16. The van der Waals surface area contributed by atoms with Gasteiger partial charge in [0, 0.05) is 23.5 Å². The van der Waals surface area contributed by atoms with E-state index >= 15 is 0 Å². The first-order chi connectivity index (χ1) is 9.81. The predicted octanol–water partition coefficient (Wildman–Crippen LogP) is 1.19. The monoisotopic (exact) mass is 266 g/mol. The quantitative estimate of drug-likeness (QED) is 0.705. The molecule has 0 spiro atoms. The van der Waals surface area contributed by atoms with Crippen LogP contribution in [0.3, 0.4) is 0 Å². The third kappa shape index (κ3) is 1.99. The van der Waals surface area contributed by atoms with Gasteiger partial charge < -0.3 is 0 Å². The maximum Gasteiger partial charge on any atom is 0.205 e. The molecule has 0 aliphatic carbocycles. The Morgan fingerprint density at radius 3 is 2.30 bits per heavy atom. The van der Waals surface area contributed by atoms with Crippen molar-refractivity contribution in [2.75, 3.05) is 0 Å². The second-order valence-corrected chi connectivity index (χ2v) is 3.82. The van der Waals surface area contributed by atoms with E-state index in [2.05, 4.69) is 44.1 Å². The molecule has 0 bridgehead atoms. The van der Waals surface area contributed by atoms with Gasteiger partial charge in [0.2, 0.25) is 5.82 Å². The summed E-state index contributed by atoms with van der Waals surface area (Å²) in [6.07, 6.45) is 3.02. The molecule has 98 valence electrons. The largest absolute Gasteiger partial charge is 0.205 e. The maximum atomic E-state index is 4.14. The summed E-state index contributed by atoms with van der Waals surface area (Å²) < 4.78 is 1.50. The number of hydrogen-bond acceptors (Lipinski definition) is 6. The zero-order chi connectivity index (χ0) is 13.9. The molecule has 0 radical (unpaired) electrons. The van der Waals surface area contributed by atoms with Crippen molar-refractivity contribution in [2.24, 2.45) is 0 Å². The Balaban J connectivity index is 1.95. The lowest BCUT2D eigenvalue weighted by Crippen LogP contribution is -1.93. The van der Waals surface area contributed by atoms with Gasteiger partial charge in [-0.1, -0.05) is 37.4 Å². The van der Waals surface area contributed by atoms with Gasteiger partial charge in [0.15, 0.2) is 5.82 Å². The maximum absolute atomic E-state index is 4.14. The molecule has 8 heteroatoms. The standard InChI is InChI=1S/C12H10N8/c1-3-19-12(14-16-18-19)10-7-5-9(6-8-10)11-13-17-20(4-2)15-11/h3-8H,1-2H2.